The fourth-order valence-corrected chi connectivity index (χ4v) is 2.90. The SMILES string of the molecule is C/C(=C(/F)C(=O)N1CCN(Cc2ccnn2C)CC1)C1CC1. The lowest BCUT2D eigenvalue weighted by Crippen LogP contribution is -2.48. The van der Waals surface area contributed by atoms with E-state index in [0.717, 1.165) is 38.2 Å². The van der Waals surface area contributed by atoms with Crippen molar-refractivity contribution in [3.8, 4) is 0 Å². The van der Waals surface area contributed by atoms with E-state index >= 15 is 0 Å². The molecule has 1 amide bonds. The number of aryl methyl sites for hydroxylation is 1. The van der Waals surface area contributed by atoms with Crippen LogP contribution in [0.4, 0.5) is 4.39 Å². The van der Waals surface area contributed by atoms with Gasteiger partial charge < -0.3 is 4.90 Å². The van der Waals surface area contributed by atoms with Gasteiger partial charge in [-0.15, -0.1) is 0 Å². The normalized spacial score (nSPS) is 21.0. The summed E-state index contributed by atoms with van der Waals surface area (Å²) in [6, 6.07) is 2.00. The predicted octanol–water partition coefficient (Wildman–Crippen LogP) is 1.72. The first-order chi connectivity index (χ1) is 10.6. The Morgan fingerprint density at radius 2 is 2.00 bits per heavy atom. The van der Waals surface area contributed by atoms with Crippen molar-refractivity contribution in [1.82, 2.24) is 19.6 Å². The third-order valence-electron chi connectivity index (χ3n) is 4.69. The van der Waals surface area contributed by atoms with Gasteiger partial charge >= 0.3 is 0 Å². The van der Waals surface area contributed by atoms with Crippen LogP contribution in [-0.4, -0.2) is 51.7 Å². The summed E-state index contributed by atoms with van der Waals surface area (Å²) in [4.78, 5) is 16.1. The van der Waals surface area contributed by atoms with Crippen LogP contribution in [0.2, 0.25) is 0 Å². The van der Waals surface area contributed by atoms with Gasteiger partial charge in [0.05, 0.1) is 5.69 Å². The second-order valence-electron chi connectivity index (χ2n) is 6.29. The molecule has 22 heavy (non-hydrogen) atoms. The quantitative estimate of drug-likeness (QED) is 0.795. The van der Waals surface area contributed by atoms with Gasteiger partial charge in [-0.2, -0.15) is 5.10 Å². The largest absolute Gasteiger partial charge is 0.334 e. The maximum atomic E-state index is 14.2. The molecule has 0 aromatic carbocycles. The van der Waals surface area contributed by atoms with Crippen LogP contribution in [0.5, 0.6) is 0 Å². The Labute approximate surface area is 130 Å². The highest BCUT2D eigenvalue weighted by molar-refractivity contribution is 5.92. The molecule has 5 nitrogen and oxygen atoms in total. The van der Waals surface area contributed by atoms with Crippen molar-refractivity contribution >= 4 is 5.91 Å². The number of amides is 1. The van der Waals surface area contributed by atoms with E-state index in [2.05, 4.69) is 10.00 Å². The molecule has 1 aromatic rings. The second-order valence-corrected chi connectivity index (χ2v) is 6.29. The molecule has 1 saturated heterocycles. The maximum Gasteiger partial charge on any atom is 0.282 e. The third-order valence-corrected chi connectivity index (χ3v) is 4.69. The first-order valence-corrected chi connectivity index (χ1v) is 7.91. The zero-order valence-electron chi connectivity index (χ0n) is 13.3. The van der Waals surface area contributed by atoms with Crippen LogP contribution in [0.1, 0.15) is 25.5 Å². The van der Waals surface area contributed by atoms with Gasteiger partial charge in [-0.25, -0.2) is 4.39 Å². The highest BCUT2D eigenvalue weighted by atomic mass is 19.1. The van der Waals surface area contributed by atoms with Crippen molar-refractivity contribution in [1.29, 1.82) is 0 Å². The molecule has 0 bridgehead atoms. The van der Waals surface area contributed by atoms with Crippen molar-refractivity contribution in [3.63, 3.8) is 0 Å². The third kappa shape index (κ3) is 3.21. The van der Waals surface area contributed by atoms with E-state index in [0.29, 0.717) is 24.6 Å². The van der Waals surface area contributed by atoms with Crippen LogP contribution in [0.3, 0.4) is 0 Å². The molecule has 1 saturated carbocycles. The summed E-state index contributed by atoms with van der Waals surface area (Å²) in [6.45, 7) is 5.28. The zero-order valence-corrected chi connectivity index (χ0v) is 13.3. The first kappa shape index (κ1) is 15.2. The van der Waals surface area contributed by atoms with Gasteiger partial charge in [0.15, 0.2) is 5.83 Å². The molecule has 6 heteroatoms. The monoisotopic (exact) mass is 306 g/mol. The number of hydrogen-bond donors (Lipinski definition) is 0. The van der Waals surface area contributed by atoms with E-state index in [1.807, 2.05) is 17.8 Å². The number of aromatic nitrogens is 2. The average Bonchev–Trinajstić information content (AvgIpc) is 3.31. The Morgan fingerprint density at radius 3 is 2.55 bits per heavy atom. The molecule has 1 aliphatic carbocycles. The zero-order chi connectivity index (χ0) is 15.7. The molecule has 1 aromatic heterocycles. The molecule has 0 N–H and O–H groups in total. The lowest BCUT2D eigenvalue weighted by Gasteiger charge is -2.34. The molecule has 0 radical (unpaired) electrons. The van der Waals surface area contributed by atoms with E-state index in [1.165, 1.54) is 0 Å². The minimum atomic E-state index is -0.525. The van der Waals surface area contributed by atoms with Gasteiger partial charge in [0.25, 0.3) is 5.91 Å². The van der Waals surface area contributed by atoms with E-state index in [-0.39, 0.29) is 0 Å². The summed E-state index contributed by atoms with van der Waals surface area (Å²) in [7, 11) is 1.93. The molecule has 1 aliphatic heterocycles. The molecule has 2 heterocycles. The molecule has 0 atom stereocenters. The van der Waals surface area contributed by atoms with Gasteiger partial charge in [0.1, 0.15) is 0 Å². The first-order valence-electron chi connectivity index (χ1n) is 7.91. The summed E-state index contributed by atoms with van der Waals surface area (Å²) >= 11 is 0. The number of halogens is 1. The van der Waals surface area contributed by atoms with Crippen LogP contribution in [-0.2, 0) is 18.4 Å². The highest BCUT2D eigenvalue weighted by Crippen LogP contribution is 2.38. The molecule has 0 unspecified atom stereocenters. The standard InChI is InChI=1S/C16H23FN4O/c1-12(13-3-4-13)15(17)16(22)21-9-7-20(8-10-21)11-14-5-6-18-19(14)2/h5-6,13H,3-4,7-11H2,1-2H3/b15-12-. The van der Waals surface area contributed by atoms with Crippen molar-refractivity contribution in [2.24, 2.45) is 13.0 Å². The van der Waals surface area contributed by atoms with Crippen molar-refractivity contribution in [3.05, 3.63) is 29.4 Å². The Kier molecular flexibility index (Phi) is 4.29. The minimum absolute atomic E-state index is 0.301. The predicted molar refractivity (Wildman–Crippen MR) is 81.6 cm³/mol. The Hall–Kier alpha value is -1.69. The lowest BCUT2D eigenvalue weighted by atomic mass is 10.1. The Morgan fingerprint density at radius 1 is 1.32 bits per heavy atom. The molecule has 120 valence electrons. The van der Waals surface area contributed by atoms with E-state index < -0.39 is 11.7 Å². The average molecular weight is 306 g/mol. The van der Waals surface area contributed by atoms with Crippen LogP contribution in [0, 0.1) is 5.92 Å². The number of carbonyl (C=O) groups excluding carboxylic acids is 1. The molecular formula is C16H23FN4O. The molecule has 2 fully saturated rings. The van der Waals surface area contributed by atoms with E-state index in [1.54, 1.807) is 18.0 Å². The fraction of sp³-hybridized carbons (Fsp3) is 0.625. The number of allylic oxidation sites excluding steroid dienone is 1. The van der Waals surface area contributed by atoms with Crippen LogP contribution in [0.15, 0.2) is 23.7 Å². The number of nitrogens with zero attached hydrogens (tertiary/aromatic N) is 4. The highest BCUT2D eigenvalue weighted by Gasteiger charge is 2.31. The number of carbonyl (C=O) groups is 1. The van der Waals surface area contributed by atoms with Crippen molar-refractivity contribution in [2.75, 3.05) is 26.2 Å². The minimum Gasteiger partial charge on any atom is -0.334 e. The summed E-state index contributed by atoms with van der Waals surface area (Å²) in [5.74, 6) is -0.651. The Balaban J connectivity index is 1.54. The Bertz CT molecular complexity index is 583. The van der Waals surface area contributed by atoms with Gasteiger partial charge in [-0.3, -0.25) is 14.4 Å². The molecule has 0 spiro atoms. The van der Waals surface area contributed by atoms with Crippen LogP contribution in [0.25, 0.3) is 0 Å². The van der Waals surface area contributed by atoms with Gasteiger partial charge in [-0.05, 0) is 37.3 Å². The summed E-state index contributed by atoms with van der Waals surface area (Å²) in [5, 5.41) is 4.16. The molecule has 2 aliphatic rings. The van der Waals surface area contributed by atoms with Crippen LogP contribution < -0.4 is 0 Å². The van der Waals surface area contributed by atoms with Gasteiger partial charge in [0.2, 0.25) is 0 Å². The molecular weight excluding hydrogens is 283 g/mol. The second kappa shape index (κ2) is 6.20. The maximum absolute atomic E-state index is 14.2. The van der Waals surface area contributed by atoms with Crippen LogP contribution >= 0.6 is 0 Å². The number of hydrogen-bond acceptors (Lipinski definition) is 3. The summed E-state index contributed by atoms with van der Waals surface area (Å²) in [6.07, 6.45) is 3.83. The van der Waals surface area contributed by atoms with Crippen molar-refractivity contribution < 1.29 is 9.18 Å². The fourth-order valence-electron chi connectivity index (χ4n) is 2.90. The lowest BCUT2D eigenvalue weighted by molar-refractivity contribution is -0.130. The van der Waals surface area contributed by atoms with E-state index in [4.69, 9.17) is 0 Å². The number of rotatable bonds is 4. The van der Waals surface area contributed by atoms with Gasteiger partial charge in [-0.1, -0.05) is 0 Å². The summed E-state index contributed by atoms with van der Waals surface area (Å²) in [5.41, 5.74) is 1.79. The molecule has 3 rings (SSSR count). The number of piperazine rings is 1. The smallest absolute Gasteiger partial charge is 0.282 e. The van der Waals surface area contributed by atoms with Gasteiger partial charge in [0, 0.05) is 46.0 Å². The topological polar surface area (TPSA) is 41.4 Å². The van der Waals surface area contributed by atoms with E-state index in [9.17, 15) is 9.18 Å². The summed E-state index contributed by atoms with van der Waals surface area (Å²) < 4.78 is 16.0. The van der Waals surface area contributed by atoms with Crippen molar-refractivity contribution in [2.45, 2.75) is 26.3 Å².